The lowest BCUT2D eigenvalue weighted by atomic mass is 10.3. The highest BCUT2D eigenvalue weighted by Gasteiger charge is 2.12. The van der Waals surface area contributed by atoms with Gasteiger partial charge in [-0.2, -0.15) is 0 Å². The molecule has 0 aliphatic rings. The predicted molar refractivity (Wildman–Crippen MR) is 69.1 cm³/mol. The first kappa shape index (κ1) is 13.3. The molecule has 0 radical (unpaired) electrons. The lowest BCUT2D eigenvalue weighted by Crippen LogP contribution is -2.26. The summed E-state index contributed by atoms with van der Waals surface area (Å²) in [4.78, 5) is 0.994. The maximum absolute atomic E-state index is 11.5. The SMILES string of the molecule is CN(C)S(=O)(=O)CCSc1cccc(N)c1. The van der Waals surface area contributed by atoms with Crippen LogP contribution in [-0.2, 0) is 10.0 Å². The summed E-state index contributed by atoms with van der Waals surface area (Å²) in [5.74, 6) is 0.670. The molecule has 6 heteroatoms. The van der Waals surface area contributed by atoms with Crippen molar-refractivity contribution < 1.29 is 8.42 Å². The minimum Gasteiger partial charge on any atom is -0.399 e. The lowest BCUT2D eigenvalue weighted by molar-refractivity contribution is 0.522. The van der Waals surface area contributed by atoms with Crippen LogP contribution in [0.3, 0.4) is 0 Å². The molecule has 1 aromatic carbocycles. The summed E-state index contributed by atoms with van der Waals surface area (Å²) in [7, 11) is -0.0129. The molecule has 4 nitrogen and oxygen atoms in total. The van der Waals surface area contributed by atoms with Crippen LogP contribution < -0.4 is 5.73 Å². The van der Waals surface area contributed by atoms with Crippen LogP contribution in [0.2, 0.25) is 0 Å². The highest BCUT2D eigenvalue weighted by atomic mass is 32.2. The van der Waals surface area contributed by atoms with Crippen LogP contribution in [0.25, 0.3) is 0 Å². The molecule has 0 bridgehead atoms. The molecule has 0 saturated heterocycles. The van der Waals surface area contributed by atoms with Gasteiger partial charge in [0.05, 0.1) is 5.75 Å². The van der Waals surface area contributed by atoms with Crippen molar-refractivity contribution in [3.63, 3.8) is 0 Å². The van der Waals surface area contributed by atoms with Gasteiger partial charge in [-0.25, -0.2) is 12.7 Å². The molecular formula is C10H16N2O2S2. The summed E-state index contributed by atoms with van der Waals surface area (Å²) in [5.41, 5.74) is 6.32. The zero-order valence-corrected chi connectivity index (χ0v) is 11.0. The highest BCUT2D eigenvalue weighted by Crippen LogP contribution is 2.20. The number of sulfonamides is 1. The Bertz CT molecular complexity index is 444. The molecule has 0 fully saturated rings. The number of hydrogen-bond acceptors (Lipinski definition) is 4. The molecule has 0 amide bonds. The van der Waals surface area contributed by atoms with Crippen molar-refractivity contribution in [2.24, 2.45) is 0 Å². The monoisotopic (exact) mass is 260 g/mol. The third-order valence-electron chi connectivity index (χ3n) is 2.02. The van der Waals surface area contributed by atoms with Crippen LogP contribution >= 0.6 is 11.8 Å². The third-order valence-corrected chi connectivity index (χ3v) is 5.11. The summed E-state index contributed by atoms with van der Waals surface area (Å²) in [6.07, 6.45) is 0. The fraction of sp³-hybridized carbons (Fsp3) is 0.400. The van der Waals surface area contributed by atoms with Gasteiger partial charge in [-0.05, 0) is 18.2 Å². The van der Waals surface area contributed by atoms with Crippen molar-refractivity contribution in [2.45, 2.75) is 4.90 Å². The van der Waals surface area contributed by atoms with E-state index in [1.54, 1.807) is 20.2 Å². The Morgan fingerprint density at radius 2 is 2.06 bits per heavy atom. The highest BCUT2D eigenvalue weighted by molar-refractivity contribution is 8.00. The van der Waals surface area contributed by atoms with Crippen molar-refractivity contribution >= 4 is 27.5 Å². The van der Waals surface area contributed by atoms with Crippen molar-refractivity contribution in [1.29, 1.82) is 0 Å². The zero-order chi connectivity index (χ0) is 12.2. The third kappa shape index (κ3) is 4.03. The molecule has 0 unspecified atom stereocenters. The second-order valence-electron chi connectivity index (χ2n) is 3.52. The minimum absolute atomic E-state index is 0.138. The minimum atomic E-state index is -3.10. The van der Waals surface area contributed by atoms with E-state index in [0.29, 0.717) is 11.4 Å². The molecular weight excluding hydrogens is 244 g/mol. The van der Waals surface area contributed by atoms with Gasteiger partial charge in [-0.1, -0.05) is 6.07 Å². The number of thioether (sulfide) groups is 1. The maximum atomic E-state index is 11.5. The smallest absolute Gasteiger partial charge is 0.214 e. The van der Waals surface area contributed by atoms with Gasteiger partial charge in [0.1, 0.15) is 0 Å². The topological polar surface area (TPSA) is 63.4 Å². The van der Waals surface area contributed by atoms with E-state index in [4.69, 9.17) is 5.73 Å². The summed E-state index contributed by atoms with van der Waals surface area (Å²) >= 11 is 1.49. The van der Waals surface area contributed by atoms with Gasteiger partial charge in [-0.3, -0.25) is 0 Å². The Morgan fingerprint density at radius 1 is 1.38 bits per heavy atom. The van der Waals surface area contributed by atoms with E-state index in [-0.39, 0.29) is 5.75 Å². The van der Waals surface area contributed by atoms with E-state index in [2.05, 4.69) is 0 Å². The van der Waals surface area contributed by atoms with E-state index < -0.39 is 10.0 Å². The molecule has 0 aromatic heterocycles. The Labute approximate surface area is 101 Å². The van der Waals surface area contributed by atoms with Gasteiger partial charge in [0.2, 0.25) is 10.0 Å². The van der Waals surface area contributed by atoms with Crippen molar-refractivity contribution in [2.75, 3.05) is 31.3 Å². The summed E-state index contributed by atoms with van der Waals surface area (Å²) < 4.78 is 24.2. The molecule has 0 atom stereocenters. The Kier molecular flexibility index (Phi) is 4.64. The van der Waals surface area contributed by atoms with E-state index in [1.807, 2.05) is 18.2 Å². The molecule has 1 rings (SSSR count). The van der Waals surface area contributed by atoms with Gasteiger partial charge in [-0.15, -0.1) is 11.8 Å². The summed E-state index contributed by atoms with van der Waals surface area (Å²) in [6, 6.07) is 7.43. The number of hydrogen-bond donors (Lipinski definition) is 1. The first-order chi connectivity index (χ1) is 7.42. The zero-order valence-electron chi connectivity index (χ0n) is 9.38. The van der Waals surface area contributed by atoms with Gasteiger partial charge < -0.3 is 5.73 Å². The Balaban J connectivity index is 2.48. The first-order valence-electron chi connectivity index (χ1n) is 4.80. The van der Waals surface area contributed by atoms with E-state index in [1.165, 1.54) is 16.1 Å². The molecule has 0 spiro atoms. The first-order valence-corrected chi connectivity index (χ1v) is 7.40. The average molecular weight is 260 g/mol. The molecule has 0 saturated carbocycles. The van der Waals surface area contributed by atoms with Crippen LogP contribution in [0.5, 0.6) is 0 Å². The van der Waals surface area contributed by atoms with Crippen LogP contribution in [0.15, 0.2) is 29.2 Å². The van der Waals surface area contributed by atoms with Crippen LogP contribution in [0.4, 0.5) is 5.69 Å². The van der Waals surface area contributed by atoms with E-state index >= 15 is 0 Å². The summed E-state index contributed by atoms with van der Waals surface area (Å²) in [5, 5.41) is 0. The molecule has 1 aromatic rings. The fourth-order valence-corrected chi connectivity index (χ4v) is 3.22. The summed E-state index contributed by atoms with van der Waals surface area (Å²) in [6.45, 7) is 0. The fourth-order valence-electron chi connectivity index (χ4n) is 1.05. The molecule has 90 valence electrons. The van der Waals surface area contributed by atoms with Gasteiger partial charge in [0, 0.05) is 30.4 Å². The molecule has 0 aliphatic heterocycles. The van der Waals surface area contributed by atoms with Crippen LogP contribution in [0, 0.1) is 0 Å². The molecule has 0 aliphatic carbocycles. The van der Waals surface area contributed by atoms with Gasteiger partial charge in [0.15, 0.2) is 0 Å². The van der Waals surface area contributed by atoms with Gasteiger partial charge >= 0.3 is 0 Å². The number of rotatable bonds is 5. The second kappa shape index (κ2) is 5.56. The second-order valence-corrected chi connectivity index (χ2v) is 6.99. The average Bonchev–Trinajstić information content (AvgIpc) is 2.17. The Morgan fingerprint density at radius 3 is 2.62 bits per heavy atom. The standard InChI is InChI=1S/C10H16N2O2S2/c1-12(2)16(13,14)7-6-15-10-5-3-4-9(11)8-10/h3-5,8H,6-7,11H2,1-2H3. The predicted octanol–water partition coefficient (Wildman–Crippen LogP) is 1.25. The van der Waals surface area contributed by atoms with Crippen LogP contribution in [-0.4, -0.2) is 38.3 Å². The number of nitrogens with zero attached hydrogens (tertiary/aromatic N) is 1. The van der Waals surface area contributed by atoms with E-state index in [9.17, 15) is 8.42 Å². The Hall–Kier alpha value is -0.720. The van der Waals surface area contributed by atoms with E-state index in [0.717, 1.165) is 4.90 Å². The quantitative estimate of drug-likeness (QED) is 0.639. The van der Waals surface area contributed by atoms with Crippen molar-refractivity contribution in [3.8, 4) is 0 Å². The molecule has 2 N–H and O–H groups in total. The lowest BCUT2D eigenvalue weighted by Gasteiger charge is -2.10. The maximum Gasteiger partial charge on any atom is 0.214 e. The normalized spacial score (nSPS) is 11.9. The number of nitrogens with two attached hydrogens (primary N) is 1. The molecule has 0 heterocycles. The number of anilines is 1. The van der Waals surface area contributed by atoms with Crippen LogP contribution in [0.1, 0.15) is 0 Å². The molecule has 16 heavy (non-hydrogen) atoms. The van der Waals surface area contributed by atoms with Gasteiger partial charge in [0.25, 0.3) is 0 Å². The largest absolute Gasteiger partial charge is 0.399 e. The van der Waals surface area contributed by atoms with Crippen molar-refractivity contribution in [1.82, 2.24) is 4.31 Å². The van der Waals surface area contributed by atoms with Crippen molar-refractivity contribution in [3.05, 3.63) is 24.3 Å². The number of benzene rings is 1. The number of nitrogen functional groups attached to an aromatic ring is 1.